The molecule has 0 aliphatic carbocycles. The summed E-state index contributed by atoms with van der Waals surface area (Å²) in [5.41, 5.74) is 2.36. The number of piperazine rings is 1. The first-order valence-corrected chi connectivity index (χ1v) is 10.7. The van der Waals surface area contributed by atoms with Gasteiger partial charge in [0, 0.05) is 5.56 Å². The summed E-state index contributed by atoms with van der Waals surface area (Å²) in [6, 6.07) is 17.6. The molecule has 2 heterocycles. The first-order valence-electron chi connectivity index (χ1n) is 10.3. The molecule has 0 saturated carbocycles. The molecule has 0 bridgehead atoms. The van der Waals surface area contributed by atoms with Gasteiger partial charge in [0.15, 0.2) is 0 Å². The minimum atomic E-state index is -0.291. The van der Waals surface area contributed by atoms with Crippen molar-refractivity contribution in [3.05, 3.63) is 81.7 Å². The number of ether oxygens (including phenoxy) is 1. The second kappa shape index (κ2) is 9.32. The zero-order valence-electron chi connectivity index (χ0n) is 17.1. The summed E-state index contributed by atoms with van der Waals surface area (Å²) >= 11 is 6.46. The van der Waals surface area contributed by atoms with E-state index in [1.807, 2.05) is 49.4 Å². The molecule has 3 aromatic rings. The maximum Gasteiger partial charge on any atom is 0.292 e. The first kappa shape index (κ1) is 20.4. The fraction of sp³-hybridized carbons (Fsp3) is 0.304. The Labute approximate surface area is 181 Å². The SMILES string of the molecule is CCOc1ccccc1C[NH+]1CCN(c2cnn(-c3ccccc3)c(=O)c2Cl)CC1. The maximum atomic E-state index is 12.8. The van der Waals surface area contributed by atoms with Gasteiger partial charge in [-0.1, -0.05) is 41.9 Å². The molecule has 156 valence electrons. The molecule has 0 amide bonds. The Hall–Kier alpha value is -2.83. The van der Waals surface area contributed by atoms with Crippen molar-refractivity contribution in [3.8, 4) is 11.4 Å². The zero-order chi connectivity index (χ0) is 20.9. The standard InChI is InChI=1S/C23H25ClN4O2/c1-2-30-21-11-7-6-8-18(21)17-26-12-14-27(15-13-26)20-16-25-28(23(29)22(20)24)19-9-4-3-5-10-19/h3-11,16H,2,12-15,17H2,1H3/p+1. The van der Waals surface area contributed by atoms with Crippen LogP contribution in [0.4, 0.5) is 5.69 Å². The van der Waals surface area contributed by atoms with Crippen molar-refractivity contribution >= 4 is 17.3 Å². The molecule has 30 heavy (non-hydrogen) atoms. The number of halogens is 1. The number of nitrogens with zero attached hydrogens (tertiary/aromatic N) is 3. The lowest BCUT2D eigenvalue weighted by molar-refractivity contribution is -0.914. The third-order valence-corrected chi connectivity index (χ3v) is 5.78. The number of anilines is 1. The smallest absolute Gasteiger partial charge is 0.292 e. The van der Waals surface area contributed by atoms with E-state index in [9.17, 15) is 4.79 Å². The van der Waals surface area contributed by atoms with Crippen LogP contribution in [-0.4, -0.2) is 42.6 Å². The van der Waals surface area contributed by atoms with Crippen molar-refractivity contribution in [1.29, 1.82) is 0 Å². The molecule has 0 atom stereocenters. The summed E-state index contributed by atoms with van der Waals surface area (Å²) in [5.74, 6) is 0.965. The monoisotopic (exact) mass is 425 g/mol. The Bertz CT molecular complexity index is 1050. The van der Waals surface area contributed by atoms with Gasteiger partial charge in [-0.15, -0.1) is 0 Å². The highest BCUT2D eigenvalue weighted by atomic mass is 35.5. The average molecular weight is 426 g/mol. The molecule has 1 aliphatic heterocycles. The van der Waals surface area contributed by atoms with E-state index < -0.39 is 0 Å². The number of para-hydroxylation sites is 2. The van der Waals surface area contributed by atoms with E-state index in [-0.39, 0.29) is 10.6 Å². The topological polar surface area (TPSA) is 51.8 Å². The highest BCUT2D eigenvalue weighted by molar-refractivity contribution is 6.33. The number of quaternary nitrogens is 1. The van der Waals surface area contributed by atoms with Gasteiger partial charge in [-0.05, 0) is 31.2 Å². The van der Waals surface area contributed by atoms with Gasteiger partial charge in [-0.2, -0.15) is 9.78 Å². The van der Waals surface area contributed by atoms with E-state index in [0.717, 1.165) is 38.5 Å². The van der Waals surface area contributed by atoms with Crippen LogP contribution in [0.1, 0.15) is 12.5 Å². The number of hydrogen-bond acceptors (Lipinski definition) is 4. The average Bonchev–Trinajstić information content (AvgIpc) is 2.78. The highest BCUT2D eigenvalue weighted by Gasteiger charge is 2.24. The normalized spacial score (nSPS) is 14.7. The van der Waals surface area contributed by atoms with Gasteiger partial charge in [-0.3, -0.25) is 4.79 Å². The van der Waals surface area contributed by atoms with Gasteiger partial charge in [-0.25, -0.2) is 0 Å². The second-order valence-corrected chi connectivity index (χ2v) is 7.73. The molecule has 1 aliphatic rings. The molecule has 0 spiro atoms. The fourth-order valence-electron chi connectivity index (χ4n) is 3.85. The molecule has 7 heteroatoms. The Morgan fingerprint density at radius 1 is 1.07 bits per heavy atom. The Kier molecular flexibility index (Phi) is 6.35. The van der Waals surface area contributed by atoms with Crippen molar-refractivity contribution < 1.29 is 9.64 Å². The van der Waals surface area contributed by atoms with Gasteiger partial charge in [0.05, 0.1) is 50.4 Å². The molecule has 6 nitrogen and oxygen atoms in total. The maximum absolute atomic E-state index is 12.8. The van der Waals surface area contributed by atoms with Crippen molar-refractivity contribution in [2.75, 3.05) is 37.7 Å². The number of rotatable bonds is 6. The van der Waals surface area contributed by atoms with Crippen LogP contribution < -0.4 is 20.1 Å². The summed E-state index contributed by atoms with van der Waals surface area (Å²) < 4.78 is 7.10. The largest absolute Gasteiger partial charge is 0.493 e. The molecule has 1 fully saturated rings. The Morgan fingerprint density at radius 3 is 2.50 bits per heavy atom. The quantitative estimate of drug-likeness (QED) is 0.657. The van der Waals surface area contributed by atoms with Gasteiger partial charge < -0.3 is 14.5 Å². The summed E-state index contributed by atoms with van der Waals surface area (Å²) in [6.45, 7) is 7.15. The van der Waals surface area contributed by atoms with Crippen LogP contribution in [0.2, 0.25) is 5.02 Å². The number of hydrogen-bond donors (Lipinski definition) is 1. The Balaban J connectivity index is 1.45. The van der Waals surface area contributed by atoms with E-state index in [4.69, 9.17) is 16.3 Å². The molecule has 0 unspecified atom stereocenters. The molecule has 4 rings (SSSR count). The van der Waals surface area contributed by atoms with Crippen LogP contribution >= 0.6 is 11.6 Å². The predicted octanol–water partition coefficient (Wildman–Crippen LogP) is 2.19. The summed E-state index contributed by atoms with van der Waals surface area (Å²) in [7, 11) is 0. The fourth-order valence-corrected chi connectivity index (χ4v) is 4.10. The van der Waals surface area contributed by atoms with E-state index in [0.29, 0.717) is 18.0 Å². The number of aromatic nitrogens is 2. The molecular weight excluding hydrogens is 400 g/mol. The van der Waals surface area contributed by atoms with Crippen molar-refractivity contribution in [2.45, 2.75) is 13.5 Å². The highest BCUT2D eigenvalue weighted by Crippen LogP contribution is 2.22. The van der Waals surface area contributed by atoms with Crippen LogP contribution in [0.5, 0.6) is 5.75 Å². The van der Waals surface area contributed by atoms with E-state index >= 15 is 0 Å². The van der Waals surface area contributed by atoms with Crippen molar-refractivity contribution in [1.82, 2.24) is 9.78 Å². The summed E-state index contributed by atoms with van der Waals surface area (Å²) in [6.07, 6.45) is 1.70. The van der Waals surface area contributed by atoms with Gasteiger partial charge >= 0.3 is 0 Å². The minimum Gasteiger partial charge on any atom is -0.493 e. The third-order valence-electron chi connectivity index (χ3n) is 5.43. The molecule has 1 saturated heterocycles. The van der Waals surface area contributed by atoms with Gasteiger partial charge in [0.25, 0.3) is 5.56 Å². The van der Waals surface area contributed by atoms with Gasteiger partial charge in [0.1, 0.15) is 17.3 Å². The van der Waals surface area contributed by atoms with Crippen LogP contribution in [0.3, 0.4) is 0 Å². The van der Waals surface area contributed by atoms with Crippen LogP contribution in [0.25, 0.3) is 5.69 Å². The summed E-state index contributed by atoms with van der Waals surface area (Å²) in [5, 5.41) is 4.58. The Morgan fingerprint density at radius 2 is 1.77 bits per heavy atom. The lowest BCUT2D eigenvalue weighted by Gasteiger charge is -2.34. The summed E-state index contributed by atoms with van der Waals surface area (Å²) in [4.78, 5) is 16.4. The van der Waals surface area contributed by atoms with Crippen LogP contribution in [0.15, 0.2) is 65.6 Å². The second-order valence-electron chi connectivity index (χ2n) is 7.35. The zero-order valence-corrected chi connectivity index (χ0v) is 17.8. The number of benzene rings is 2. The number of nitrogens with one attached hydrogen (secondary N) is 1. The lowest BCUT2D eigenvalue weighted by Crippen LogP contribution is -3.13. The molecule has 1 N–H and O–H groups in total. The van der Waals surface area contributed by atoms with Crippen molar-refractivity contribution in [3.63, 3.8) is 0 Å². The van der Waals surface area contributed by atoms with E-state index in [2.05, 4.69) is 22.1 Å². The minimum absolute atomic E-state index is 0.221. The predicted molar refractivity (Wildman–Crippen MR) is 119 cm³/mol. The van der Waals surface area contributed by atoms with E-state index in [1.54, 1.807) is 6.20 Å². The molecule has 1 aromatic heterocycles. The van der Waals surface area contributed by atoms with Crippen LogP contribution in [0, 0.1) is 0 Å². The van der Waals surface area contributed by atoms with Crippen molar-refractivity contribution in [2.24, 2.45) is 0 Å². The molecule has 0 radical (unpaired) electrons. The third kappa shape index (κ3) is 4.35. The van der Waals surface area contributed by atoms with Gasteiger partial charge in [0.2, 0.25) is 0 Å². The first-order chi connectivity index (χ1) is 14.7. The molecular formula is C23H26ClN4O2+. The molecule has 2 aromatic carbocycles. The lowest BCUT2D eigenvalue weighted by atomic mass is 10.1. The van der Waals surface area contributed by atoms with E-state index in [1.165, 1.54) is 15.1 Å². The van der Waals surface area contributed by atoms with Crippen LogP contribution in [-0.2, 0) is 6.54 Å².